The number of pyridine rings is 1. The SMILES string of the molecule is C=CCN=C(N)NC(=S)NCc1ccccn1. The highest BCUT2D eigenvalue weighted by Crippen LogP contribution is 1.91. The summed E-state index contributed by atoms with van der Waals surface area (Å²) in [6.45, 7) is 4.54. The van der Waals surface area contributed by atoms with E-state index >= 15 is 0 Å². The minimum absolute atomic E-state index is 0.267. The minimum atomic E-state index is 0.267. The van der Waals surface area contributed by atoms with E-state index in [4.69, 9.17) is 18.0 Å². The second-order valence-corrected chi connectivity index (χ2v) is 3.55. The van der Waals surface area contributed by atoms with Crippen LogP contribution in [0.4, 0.5) is 0 Å². The van der Waals surface area contributed by atoms with Gasteiger partial charge in [-0.1, -0.05) is 12.1 Å². The van der Waals surface area contributed by atoms with Gasteiger partial charge in [0.2, 0.25) is 0 Å². The highest BCUT2D eigenvalue weighted by molar-refractivity contribution is 7.80. The Hall–Kier alpha value is -1.95. The third-order valence-electron chi connectivity index (χ3n) is 1.79. The summed E-state index contributed by atoms with van der Waals surface area (Å²) < 4.78 is 0. The molecule has 0 saturated carbocycles. The van der Waals surface area contributed by atoms with Crippen molar-refractivity contribution in [2.45, 2.75) is 6.54 Å². The summed E-state index contributed by atoms with van der Waals surface area (Å²) in [7, 11) is 0. The lowest BCUT2D eigenvalue weighted by Gasteiger charge is -2.09. The Morgan fingerprint density at radius 1 is 1.59 bits per heavy atom. The van der Waals surface area contributed by atoms with Crippen LogP contribution in [0.5, 0.6) is 0 Å². The van der Waals surface area contributed by atoms with Crippen LogP contribution in [-0.4, -0.2) is 22.6 Å². The Bertz CT molecular complexity index is 402. The molecule has 0 aromatic carbocycles. The van der Waals surface area contributed by atoms with Crippen molar-refractivity contribution in [2.24, 2.45) is 10.7 Å². The first-order chi connectivity index (χ1) is 8.22. The summed E-state index contributed by atoms with van der Waals surface area (Å²) in [5.74, 6) is 0.267. The van der Waals surface area contributed by atoms with Gasteiger partial charge in [0.15, 0.2) is 11.1 Å². The number of thiocarbonyl (C=S) groups is 1. The molecular formula is C11H15N5S. The van der Waals surface area contributed by atoms with Gasteiger partial charge in [-0.2, -0.15) is 0 Å². The van der Waals surface area contributed by atoms with Crippen molar-refractivity contribution in [3.05, 3.63) is 42.7 Å². The molecule has 0 aliphatic rings. The van der Waals surface area contributed by atoms with E-state index in [0.717, 1.165) is 5.69 Å². The first-order valence-electron chi connectivity index (χ1n) is 5.08. The maximum absolute atomic E-state index is 5.58. The third-order valence-corrected chi connectivity index (χ3v) is 2.03. The number of nitrogens with two attached hydrogens (primary N) is 1. The fourth-order valence-corrected chi connectivity index (χ4v) is 1.21. The molecule has 1 aromatic heterocycles. The average Bonchev–Trinajstić information content (AvgIpc) is 2.35. The number of guanidine groups is 1. The lowest BCUT2D eigenvalue weighted by Crippen LogP contribution is -2.43. The molecular weight excluding hydrogens is 234 g/mol. The smallest absolute Gasteiger partial charge is 0.195 e. The second-order valence-electron chi connectivity index (χ2n) is 3.14. The van der Waals surface area contributed by atoms with E-state index in [1.165, 1.54) is 0 Å². The molecule has 17 heavy (non-hydrogen) atoms. The minimum Gasteiger partial charge on any atom is -0.370 e. The van der Waals surface area contributed by atoms with Crippen LogP contribution >= 0.6 is 12.2 Å². The normalized spacial score (nSPS) is 10.7. The van der Waals surface area contributed by atoms with Gasteiger partial charge in [0, 0.05) is 6.20 Å². The van der Waals surface area contributed by atoms with Gasteiger partial charge in [-0.15, -0.1) is 6.58 Å². The molecule has 1 aromatic rings. The van der Waals surface area contributed by atoms with Gasteiger partial charge in [0.1, 0.15) is 0 Å². The van der Waals surface area contributed by atoms with Gasteiger partial charge in [0.05, 0.1) is 18.8 Å². The zero-order valence-electron chi connectivity index (χ0n) is 9.39. The van der Waals surface area contributed by atoms with Crippen LogP contribution < -0.4 is 16.4 Å². The molecule has 0 unspecified atom stereocenters. The molecule has 0 atom stereocenters. The molecule has 0 aliphatic heterocycles. The first kappa shape index (κ1) is 13.1. The standard InChI is InChI=1S/C11H15N5S/c1-2-6-14-10(12)16-11(17)15-8-9-5-3-4-7-13-9/h2-5,7H,1,6,8H2,(H4,12,14,15,16,17). The molecule has 0 saturated heterocycles. The number of hydrogen-bond donors (Lipinski definition) is 3. The van der Waals surface area contributed by atoms with Crippen LogP contribution in [0, 0.1) is 0 Å². The number of hydrogen-bond acceptors (Lipinski definition) is 3. The number of aliphatic imine (C=N–C) groups is 1. The zero-order chi connectivity index (χ0) is 12.5. The van der Waals surface area contributed by atoms with Crippen molar-refractivity contribution in [1.82, 2.24) is 15.6 Å². The van der Waals surface area contributed by atoms with Crippen LogP contribution in [-0.2, 0) is 6.54 Å². The Balaban J connectivity index is 2.33. The zero-order valence-corrected chi connectivity index (χ0v) is 10.2. The average molecular weight is 249 g/mol. The third kappa shape index (κ3) is 5.62. The van der Waals surface area contributed by atoms with Crippen LogP contribution in [0.15, 0.2) is 42.0 Å². The predicted octanol–water partition coefficient (Wildman–Crippen LogP) is 0.546. The number of nitrogens with one attached hydrogen (secondary N) is 2. The lowest BCUT2D eigenvalue weighted by atomic mass is 10.3. The Morgan fingerprint density at radius 2 is 2.41 bits per heavy atom. The number of nitrogens with zero attached hydrogens (tertiary/aromatic N) is 2. The Labute approximate surface area is 106 Å². The molecule has 0 radical (unpaired) electrons. The molecule has 0 aliphatic carbocycles. The second kappa shape index (κ2) is 7.34. The summed E-state index contributed by atoms with van der Waals surface area (Å²) in [5.41, 5.74) is 6.48. The van der Waals surface area contributed by atoms with Crippen molar-refractivity contribution in [3.63, 3.8) is 0 Å². The molecule has 6 heteroatoms. The molecule has 4 N–H and O–H groups in total. The molecule has 0 amide bonds. The van der Waals surface area contributed by atoms with E-state index in [-0.39, 0.29) is 5.96 Å². The van der Waals surface area contributed by atoms with E-state index in [9.17, 15) is 0 Å². The van der Waals surface area contributed by atoms with Crippen molar-refractivity contribution in [3.8, 4) is 0 Å². The fourth-order valence-electron chi connectivity index (χ4n) is 1.04. The van der Waals surface area contributed by atoms with Gasteiger partial charge in [-0.05, 0) is 24.4 Å². The number of aromatic nitrogens is 1. The van der Waals surface area contributed by atoms with E-state index in [1.807, 2.05) is 18.2 Å². The summed E-state index contributed by atoms with van der Waals surface area (Å²) in [5, 5.41) is 6.15. The van der Waals surface area contributed by atoms with Crippen molar-refractivity contribution in [1.29, 1.82) is 0 Å². The molecule has 0 fully saturated rings. The van der Waals surface area contributed by atoms with Crippen molar-refractivity contribution in [2.75, 3.05) is 6.54 Å². The Morgan fingerprint density at radius 3 is 3.06 bits per heavy atom. The number of rotatable bonds is 4. The summed E-state index contributed by atoms with van der Waals surface area (Å²) >= 11 is 5.04. The molecule has 90 valence electrons. The van der Waals surface area contributed by atoms with E-state index in [1.54, 1.807) is 12.3 Å². The molecule has 1 rings (SSSR count). The van der Waals surface area contributed by atoms with Crippen LogP contribution in [0.1, 0.15) is 5.69 Å². The topological polar surface area (TPSA) is 75.3 Å². The van der Waals surface area contributed by atoms with Gasteiger partial charge in [-0.3, -0.25) is 4.98 Å². The van der Waals surface area contributed by atoms with E-state index in [2.05, 4.69) is 27.2 Å². The van der Waals surface area contributed by atoms with Gasteiger partial charge >= 0.3 is 0 Å². The largest absolute Gasteiger partial charge is 0.370 e. The van der Waals surface area contributed by atoms with Gasteiger partial charge in [0.25, 0.3) is 0 Å². The summed E-state index contributed by atoms with van der Waals surface area (Å²) in [4.78, 5) is 8.11. The molecule has 5 nitrogen and oxygen atoms in total. The Kier molecular flexibility index (Phi) is 5.67. The van der Waals surface area contributed by atoms with Crippen LogP contribution in [0.3, 0.4) is 0 Å². The lowest BCUT2D eigenvalue weighted by molar-refractivity contribution is 0.866. The van der Waals surface area contributed by atoms with Crippen LogP contribution in [0.2, 0.25) is 0 Å². The van der Waals surface area contributed by atoms with Crippen molar-refractivity contribution >= 4 is 23.3 Å². The molecule has 0 spiro atoms. The highest BCUT2D eigenvalue weighted by Gasteiger charge is 1.98. The fraction of sp³-hybridized carbons (Fsp3) is 0.182. The first-order valence-corrected chi connectivity index (χ1v) is 5.48. The monoisotopic (exact) mass is 249 g/mol. The molecule has 0 bridgehead atoms. The van der Waals surface area contributed by atoms with E-state index in [0.29, 0.717) is 18.2 Å². The van der Waals surface area contributed by atoms with Crippen LogP contribution in [0.25, 0.3) is 0 Å². The van der Waals surface area contributed by atoms with Crippen molar-refractivity contribution < 1.29 is 0 Å². The van der Waals surface area contributed by atoms with E-state index < -0.39 is 0 Å². The maximum atomic E-state index is 5.58. The van der Waals surface area contributed by atoms with Gasteiger partial charge in [-0.25, -0.2) is 4.99 Å². The summed E-state index contributed by atoms with van der Waals surface area (Å²) in [6.07, 6.45) is 3.38. The highest BCUT2D eigenvalue weighted by atomic mass is 32.1. The van der Waals surface area contributed by atoms with Gasteiger partial charge < -0.3 is 16.4 Å². The molecule has 1 heterocycles. The quantitative estimate of drug-likeness (QED) is 0.314. The predicted molar refractivity (Wildman–Crippen MR) is 73.5 cm³/mol. The maximum Gasteiger partial charge on any atom is 0.195 e. The summed E-state index contributed by atoms with van der Waals surface area (Å²) in [6, 6.07) is 5.69.